The zero-order chi connectivity index (χ0) is 36.1. The van der Waals surface area contributed by atoms with Crippen LogP contribution in [0.5, 0.6) is 5.75 Å². The molecule has 1 spiro atoms. The van der Waals surface area contributed by atoms with E-state index in [9.17, 15) is 14.7 Å². The van der Waals surface area contributed by atoms with Crippen LogP contribution >= 0.6 is 0 Å². The van der Waals surface area contributed by atoms with Gasteiger partial charge in [0.1, 0.15) is 17.4 Å². The van der Waals surface area contributed by atoms with Crippen LogP contribution in [0.4, 0.5) is 17.1 Å². The number of aliphatic hydroxyl groups is 1. The summed E-state index contributed by atoms with van der Waals surface area (Å²) in [6.07, 6.45) is 5.94. The first-order valence-electron chi connectivity index (χ1n) is 18.2. The third kappa shape index (κ3) is 6.44. The maximum absolute atomic E-state index is 15.0. The minimum absolute atomic E-state index is 0.0220. The molecule has 0 radical (unpaired) electrons. The van der Waals surface area contributed by atoms with Crippen LogP contribution in [0.25, 0.3) is 0 Å². The van der Waals surface area contributed by atoms with Crippen molar-refractivity contribution in [2.24, 2.45) is 11.8 Å². The van der Waals surface area contributed by atoms with E-state index < -0.39 is 29.1 Å². The summed E-state index contributed by atoms with van der Waals surface area (Å²) >= 11 is 0. The molecular formula is C40H54N4O6. The number of aliphatic hydroxyl groups excluding tert-OH is 1. The van der Waals surface area contributed by atoms with E-state index in [0.29, 0.717) is 55.8 Å². The van der Waals surface area contributed by atoms with Crippen molar-refractivity contribution in [3.05, 3.63) is 73.8 Å². The van der Waals surface area contributed by atoms with E-state index in [1.165, 1.54) is 0 Å². The highest BCUT2D eigenvalue weighted by atomic mass is 16.5. The van der Waals surface area contributed by atoms with Gasteiger partial charge in [-0.3, -0.25) is 14.4 Å². The Balaban J connectivity index is 1.56. The highest BCUT2D eigenvalue weighted by molar-refractivity contribution is 6.07. The SMILES string of the molecule is C=CCN(C(=O)C1N(CCCCO)C(=O)[C@@H]2[C@H](C(=O)N(CC=C)c3ccc(OCC)cc3)[C@]3(CC)CCC12O3)c1ccc(N(CC)CC)cc1. The fourth-order valence-corrected chi connectivity index (χ4v) is 8.55. The number of amides is 3. The number of carbonyl (C=O) groups excluding carboxylic acids is 3. The van der Waals surface area contributed by atoms with Crippen LogP contribution in [0.15, 0.2) is 73.8 Å². The van der Waals surface area contributed by atoms with Crippen molar-refractivity contribution in [3.8, 4) is 5.75 Å². The quantitative estimate of drug-likeness (QED) is 0.161. The number of benzene rings is 2. The lowest BCUT2D eigenvalue weighted by atomic mass is 9.64. The largest absolute Gasteiger partial charge is 0.494 e. The monoisotopic (exact) mass is 686 g/mol. The molecule has 2 unspecified atom stereocenters. The fraction of sp³-hybridized carbons (Fsp3) is 0.525. The number of hydrogen-bond donors (Lipinski definition) is 1. The summed E-state index contributed by atoms with van der Waals surface area (Å²) < 4.78 is 12.7. The first-order valence-corrected chi connectivity index (χ1v) is 18.2. The molecule has 10 heteroatoms. The average molecular weight is 687 g/mol. The molecule has 0 aromatic heterocycles. The minimum atomic E-state index is -1.18. The van der Waals surface area contributed by atoms with Gasteiger partial charge in [0.25, 0.3) is 5.91 Å². The fourth-order valence-electron chi connectivity index (χ4n) is 8.55. The lowest BCUT2D eigenvalue weighted by Gasteiger charge is -2.37. The molecule has 0 aliphatic carbocycles. The van der Waals surface area contributed by atoms with Gasteiger partial charge in [-0.2, -0.15) is 0 Å². The Hall–Kier alpha value is -4.15. The van der Waals surface area contributed by atoms with E-state index in [1.54, 1.807) is 26.9 Å². The van der Waals surface area contributed by atoms with Crippen LogP contribution in [0.3, 0.4) is 0 Å². The smallest absolute Gasteiger partial charge is 0.253 e. The lowest BCUT2D eigenvalue weighted by molar-refractivity contribution is -0.146. The first kappa shape index (κ1) is 37.1. The highest BCUT2D eigenvalue weighted by Gasteiger charge is 2.79. The summed E-state index contributed by atoms with van der Waals surface area (Å²) in [7, 11) is 0. The number of rotatable bonds is 18. The Kier molecular flexibility index (Phi) is 11.7. The van der Waals surface area contributed by atoms with Crippen LogP contribution < -0.4 is 19.4 Å². The normalized spacial score (nSPS) is 24.9. The standard InChI is InChI=1S/C40H54N4O6/c1-7-25-42(31-19-21-32(22-20-31)49-12-6)36(46)33-34-37(47)44(27-13-14-28-45)35(40(34)24-23-39(33,9-3)50-40)38(48)43(26-8-2)30-17-15-29(16-18-30)41(10-4)11-5/h7-8,15-22,33-35,45H,1-2,9-14,23-28H2,3-6H3/t33-,34+,35?,39+,40?/m1/s1. The summed E-state index contributed by atoms with van der Waals surface area (Å²) in [5, 5.41) is 9.61. The summed E-state index contributed by atoms with van der Waals surface area (Å²) in [6.45, 7) is 19.0. The van der Waals surface area contributed by atoms with Gasteiger partial charge in [0.05, 0.1) is 24.0 Å². The van der Waals surface area contributed by atoms with Crippen molar-refractivity contribution in [1.29, 1.82) is 0 Å². The minimum Gasteiger partial charge on any atom is -0.494 e. The Bertz CT molecular complexity index is 1530. The second kappa shape index (κ2) is 15.8. The van der Waals surface area contributed by atoms with Gasteiger partial charge in [0.15, 0.2) is 0 Å². The number of hydrogen-bond acceptors (Lipinski definition) is 7. The molecule has 0 saturated carbocycles. The van der Waals surface area contributed by atoms with Gasteiger partial charge in [0, 0.05) is 56.4 Å². The van der Waals surface area contributed by atoms with E-state index in [-0.39, 0.29) is 44.0 Å². The molecule has 5 atom stereocenters. The van der Waals surface area contributed by atoms with E-state index in [4.69, 9.17) is 9.47 Å². The van der Waals surface area contributed by atoms with Gasteiger partial charge in [0.2, 0.25) is 11.8 Å². The second-order valence-corrected chi connectivity index (χ2v) is 13.4. The number of unbranched alkanes of at least 4 members (excludes halogenated alkanes) is 1. The number of nitrogens with zero attached hydrogens (tertiary/aromatic N) is 4. The molecule has 2 aromatic carbocycles. The van der Waals surface area contributed by atoms with Crippen LogP contribution in [0.2, 0.25) is 0 Å². The van der Waals surface area contributed by atoms with Gasteiger partial charge >= 0.3 is 0 Å². The number of fused-ring (bicyclic) bond motifs is 1. The highest BCUT2D eigenvalue weighted by Crippen LogP contribution is 2.65. The average Bonchev–Trinajstić information content (AvgIpc) is 3.74. The molecule has 3 heterocycles. The van der Waals surface area contributed by atoms with Gasteiger partial charge in [-0.15, -0.1) is 13.2 Å². The van der Waals surface area contributed by atoms with Crippen LogP contribution in [0, 0.1) is 11.8 Å². The van der Waals surface area contributed by atoms with Gasteiger partial charge in [-0.25, -0.2) is 0 Å². The zero-order valence-electron chi connectivity index (χ0n) is 30.2. The van der Waals surface area contributed by atoms with Crippen LogP contribution in [-0.4, -0.2) is 90.9 Å². The van der Waals surface area contributed by atoms with E-state index in [2.05, 4.69) is 31.9 Å². The predicted octanol–water partition coefficient (Wildman–Crippen LogP) is 5.60. The zero-order valence-corrected chi connectivity index (χ0v) is 30.2. The van der Waals surface area contributed by atoms with Crippen molar-refractivity contribution in [1.82, 2.24) is 4.90 Å². The summed E-state index contributed by atoms with van der Waals surface area (Å²) in [6, 6.07) is 14.3. The predicted molar refractivity (Wildman–Crippen MR) is 198 cm³/mol. The Labute approximate surface area is 297 Å². The van der Waals surface area contributed by atoms with Crippen molar-refractivity contribution in [2.75, 3.05) is 60.6 Å². The van der Waals surface area contributed by atoms with Crippen LogP contribution in [-0.2, 0) is 19.1 Å². The summed E-state index contributed by atoms with van der Waals surface area (Å²) in [5.74, 6) is -1.64. The van der Waals surface area contributed by atoms with Gasteiger partial charge in [-0.1, -0.05) is 19.1 Å². The van der Waals surface area contributed by atoms with Crippen molar-refractivity contribution in [3.63, 3.8) is 0 Å². The van der Waals surface area contributed by atoms with Gasteiger partial charge < -0.3 is 34.2 Å². The second-order valence-electron chi connectivity index (χ2n) is 13.4. The third-order valence-electron chi connectivity index (χ3n) is 10.9. The number of carbonyl (C=O) groups is 3. The molecule has 10 nitrogen and oxygen atoms in total. The molecule has 50 heavy (non-hydrogen) atoms. The molecule has 5 rings (SSSR count). The van der Waals surface area contributed by atoms with E-state index in [1.807, 2.05) is 62.4 Å². The third-order valence-corrected chi connectivity index (χ3v) is 10.9. The lowest BCUT2D eigenvalue weighted by Crippen LogP contribution is -2.56. The molecule has 3 fully saturated rings. The number of likely N-dealkylation sites (tertiary alicyclic amines) is 1. The topological polar surface area (TPSA) is 103 Å². The molecule has 2 aromatic rings. The molecule has 3 aliphatic rings. The van der Waals surface area contributed by atoms with Crippen molar-refractivity contribution < 1.29 is 29.0 Å². The van der Waals surface area contributed by atoms with E-state index in [0.717, 1.165) is 18.8 Å². The van der Waals surface area contributed by atoms with Crippen LogP contribution in [0.1, 0.15) is 59.8 Å². The Morgan fingerprint density at radius 3 is 2.02 bits per heavy atom. The first-order chi connectivity index (χ1) is 24.2. The molecule has 1 N–H and O–H groups in total. The number of anilines is 3. The van der Waals surface area contributed by atoms with Crippen molar-refractivity contribution in [2.45, 2.75) is 77.0 Å². The molecular weight excluding hydrogens is 632 g/mol. The molecule has 270 valence electrons. The molecule has 3 saturated heterocycles. The number of ether oxygens (including phenoxy) is 2. The van der Waals surface area contributed by atoms with E-state index >= 15 is 4.79 Å². The summed E-state index contributed by atoms with van der Waals surface area (Å²) in [5.41, 5.74) is 0.358. The van der Waals surface area contributed by atoms with Gasteiger partial charge in [-0.05, 0) is 101 Å². The molecule has 3 aliphatic heterocycles. The summed E-state index contributed by atoms with van der Waals surface area (Å²) in [4.78, 5) is 51.9. The molecule has 3 amide bonds. The van der Waals surface area contributed by atoms with Crippen molar-refractivity contribution >= 4 is 34.8 Å². The molecule has 2 bridgehead atoms. The Morgan fingerprint density at radius 2 is 1.48 bits per heavy atom. The Morgan fingerprint density at radius 1 is 0.900 bits per heavy atom. The maximum Gasteiger partial charge on any atom is 0.253 e. The maximum atomic E-state index is 15.0.